The molecule has 0 aliphatic carbocycles. The van der Waals surface area contributed by atoms with Crippen molar-refractivity contribution in [1.82, 2.24) is 5.32 Å². The lowest BCUT2D eigenvalue weighted by Crippen LogP contribution is -2.17. The predicted molar refractivity (Wildman–Crippen MR) is 33.8 cm³/mol. The van der Waals surface area contributed by atoms with Gasteiger partial charge in [0.05, 0.1) is 0 Å². The van der Waals surface area contributed by atoms with Crippen molar-refractivity contribution < 1.29 is 9.90 Å². The Hall–Kier alpha value is -1.03. The van der Waals surface area contributed by atoms with Crippen LogP contribution in [0.15, 0.2) is 12.3 Å². The predicted octanol–water partition coefficient (Wildman–Crippen LogP) is -0.867. The smallest absolute Gasteiger partial charge is 0.329 e. The summed E-state index contributed by atoms with van der Waals surface area (Å²) >= 11 is 0. The Morgan fingerprint density at radius 1 is 1.78 bits per heavy atom. The Bertz CT molecular complexity index is 112. The SMILES string of the molecule is NCCN/C=C/C(=O)O. The number of carboxylic acid groups (broad SMARTS) is 1. The quantitative estimate of drug-likeness (QED) is 0.341. The monoisotopic (exact) mass is 130 g/mol. The largest absolute Gasteiger partial charge is 0.478 e. The van der Waals surface area contributed by atoms with Crippen LogP contribution in [0.4, 0.5) is 0 Å². The van der Waals surface area contributed by atoms with E-state index in [1.807, 2.05) is 0 Å². The Morgan fingerprint density at radius 2 is 2.44 bits per heavy atom. The molecule has 0 fully saturated rings. The van der Waals surface area contributed by atoms with Crippen molar-refractivity contribution in [2.24, 2.45) is 5.73 Å². The lowest BCUT2D eigenvalue weighted by molar-refractivity contribution is -0.131. The van der Waals surface area contributed by atoms with Crippen LogP contribution in [0.25, 0.3) is 0 Å². The molecule has 0 rings (SSSR count). The summed E-state index contributed by atoms with van der Waals surface area (Å²) in [6.07, 6.45) is 2.38. The number of carboxylic acids is 1. The maximum atomic E-state index is 9.80. The number of hydrogen-bond donors (Lipinski definition) is 3. The molecule has 0 aliphatic rings. The van der Waals surface area contributed by atoms with Crippen molar-refractivity contribution in [2.45, 2.75) is 0 Å². The summed E-state index contributed by atoms with van der Waals surface area (Å²) in [5, 5.41) is 10.7. The van der Waals surface area contributed by atoms with Crippen molar-refractivity contribution >= 4 is 5.97 Å². The minimum atomic E-state index is -0.959. The molecule has 4 N–H and O–H groups in total. The van der Waals surface area contributed by atoms with Gasteiger partial charge in [-0.3, -0.25) is 0 Å². The first-order valence-corrected chi connectivity index (χ1v) is 2.60. The van der Waals surface area contributed by atoms with E-state index in [1.165, 1.54) is 6.20 Å². The summed E-state index contributed by atoms with van der Waals surface area (Å²) in [6.45, 7) is 1.10. The van der Waals surface area contributed by atoms with Gasteiger partial charge in [0.25, 0.3) is 0 Å². The number of nitrogens with one attached hydrogen (secondary N) is 1. The van der Waals surface area contributed by atoms with Crippen LogP contribution in [0.5, 0.6) is 0 Å². The van der Waals surface area contributed by atoms with E-state index in [0.717, 1.165) is 6.08 Å². The van der Waals surface area contributed by atoms with Crippen molar-refractivity contribution in [3.8, 4) is 0 Å². The average Bonchev–Trinajstić information content (AvgIpc) is 1.80. The Labute approximate surface area is 53.4 Å². The molecule has 0 saturated heterocycles. The second-order valence-electron chi connectivity index (χ2n) is 1.41. The summed E-state index contributed by atoms with van der Waals surface area (Å²) < 4.78 is 0. The number of carbonyl (C=O) groups is 1. The number of nitrogens with two attached hydrogens (primary N) is 1. The molecular weight excluding hydrogens is 120 g/mol. The first-order valence-electron chi connectivity index (χ1n) is 2.60. The van der Waals surface area contributed by atoms with Gasteiger partial charge < -0.3 is 16.2 Å². The van der Waals surface area contributed by atoms with Crippen LogP contribution in [-0.4, -0.2) is 24.2 Å². The van der Waals surface area contributed by atoms with E-state index in [9.17, 15) is 4.79 Å². The second-order valence-corrected chi connectivity index (χ2v) is 1.41. The van der Waals surface area contributed by atoms with Gasteiger partial charge in [-0.05, 0) is 0 Å². The van der Waals surface area contributed by atoms with Gasteiger partial charge >= 0.3 is 5.97 Å². The van der Waals surface area contributed by atoms with E-state index >= 15 is 0 Å². The molecule has 0 saturated carbocycles. The standard InChI is InChI=1S/C5H10N2O2/c6-2-4-7-3-1-5(8)9/h1,3,7H,2,4,6H2,(H,8,9)/b3-1+. The van der Waals surface area contributed by atoms with Gasteiger partial charge in [-0.25, -0.2) is 4.79 Å². The summed E-state index contributed by atoms with van der Waals surface area (Å²) in [7, 11) is 0. The summed E-state index contributed by atoms with van der Waals surface area (Å²) in [5.41, 5.74) is 5.10. The minimum Gasteiger partial charge on any atom is -0.478 e. The summed E-state index contributed by atoms with van der Waals surface area (Å²) in [6, 6.07) is 0. The molecule has 0 aromatic carbocycles. The highest BCUT2D eigenvalue weighted by Crippen LogP contribution is 1.65. The molecule has 0 spiro atoms. The zero-order valence-electron chi connectivity index (χ0n) is 5.00. The third kappa shape index (κ3) is 6.97. The number of aliphatic carboxylic acids is 1. The normalized spacial score (nSPS) is 9.89. The molecule has 0 unspecified atom stereocenters. The molecule has 0 bridgehead atoms. The Kier molecular flexibility index (Phi) is 4.53. The van der Waals surface area contributed by atoms with Crippen LogP contribution in [0.2, 0.25) is 0 Å². The third-order valence-corrected chi connectivity index (χ3v) is 0.632. The van der Waals surface area contributed by atoms with Crippen molar-refractivity contribution in [2.75, 3.05) is 13.1 Å². The van der Waals surface area contributed by atoms with E-state index in [4.69, 9.17) is 10.8 Å². The molecule has 4 nitrogen and oxygen atoms in total. The molecule has 0 amide bonds. The molecular formula is C5H10N2O2. The van der Waals surface area contributed by atoms with Gasteiger partial charge in [0.15, 0.2) is 0 Å². The first-order chi connectivity index (χ1) is 4.27. The first kappa shape index (κ1) is 7.97. The van der Waals surface area contributed by atoms with Crippen molar-refractivity contribution in [3.63, 3.8) is 0 Å². The van der Waals surface area contributed by atoms with Crippen LogP contribution >= 0.6 is 0 Å². The van der Waals surface area contributed by atoms with Crippen LogP contribution in [0.1, 0.15) is 0 Å². The maximum absolute atomic E-state index is 9.80. The molecule has 9 heavy (non-hydrogen) atoms. The fraction of sp³-hybridized carbons (Fsp3) is 0.400. The highest BCUT2D eigenvalue weighted by atomic mass is 16.4. The molecule has 0 radical (unpaired) electrons. The third-order valence-electron chi connectivity index (χ3n) is 0.632. The van der Waals surface area contributed by atoms with Gasteiger partial charge in [-0.2, -0.15) is 0 Å². The van der Waals surface area contributed by atoms with Crippen LogP contribution in [0, 0.1) is 0 Å². The van der Waals surface area contributed by atoms with Gasteiger partial charge in [-0.15, -0.1) is 0 Å². The van der Waals surface area contributed by atoms with Gasteiger partial charge in [0.2, 0.25) is 0 Å². The highest BCUT2D eigenvalue weighted by molar-refractivity contribution is 5.79. The second kappa shape index (κ2) is 5.11. The molecule has 0 atom stereocenters. The minimum absolute atomic E-state index is 0.504. The lowest BCUT2D eigenvalue weighted by atomic mass is 10.6. The van der Waals surface area contributed by atoms with Gasteiger partial charge in [-0.1, -0.05) is 0 Å². The van der Waals surface area contributed by atoms with E-state index in [1.54, 1.807) is 0 Å². The summed E-state index contributed by atoms with van der Waals surface area (Å²) in [5.74, 6) is -0.959. The van der Waals surface area contributed by atoms with E-state index in [2.05, 4.69) is 5.32 Å². The zero-order chi connectivity index (χ0) is 7.11. The van der Waals surface area contributed by atoms with Gasteiger partial charge in [0.1, 0.15) is 0 Å². The number of hydrogen-bond acceptors (Lipinski definition) is 3. The van der Waals surface area contributed by atoms with Crippen LogP contribution in [-0.2, 0) is 4.79 Å². The summed E-state index contributed by atoms with van der Waals surface area (Å²) in [4.78, 5) is 9.80. The highest BCUT2D eigenvalue weighted by Gasteiger charge is 1.81. The fourth-order valence-electron chi connectivity index (χ4n) is 0.297. The Morgan fingerprint density at radius 3 is 2.89 bits per heavy atom. The van der Waals surface area contributed by atoms with Crippen LogP contribution in [0.3, 0.4) is 0 Å². The van der Waals surface area contributed by atoms with E-state index in [-0.39, 0.29) is 0 Å². The Balaban J connectivity index is 3.15. The average molecular weight is 130 g/mol. The molecule has 52 valence electrons. The molecule has 0 aromatic rings. The maximum Gasteiger partial charge on any atom is 0.329 e. The molecule has 0 aromatic heterocycles. The van der Waals surface area contributed by atoms with Crippen LogP contribution < -0.4 is 11.1 Å². The number of rotatable bonds is 4. The zero-order valence-corrected chi connectivity index (χ0v) is 5.00. The fourth-order valence-corrected chi connectivity index (χ4v) is 0.297. The van der Waals surface area contributed by atoms with Crippen molar-refractivity contribution in [1.29, 1.82) is 0 Å². The van der Waals surface area contributed by atoms with E-state index in [0.29, 0.717) is 13.1 Å². The molecule has 4 heteroatoms. The van der Waals surface area contributed by atoms with Gasteiger partial charge in [0, 0.05) is 25.4 Å². The van der Waals surface area contributed by atoms with E-state index < -0.39 is 5.97 Å². The molecule has 0 aliphatic heterocycles. The molecule has 0 heterocycles. The topological polar surface area (TPSA) is 75.3 Å². The lowest BCUT2D eigenvalue weighted by Gasteiger charge is -1.92. The van der Waals surface area contributed by atoms with Crippen molar-refractivity contribution in [3.05, 3.63) is 12.3 Å².